The van der Waals surface area contributed by atoms with Gasteiger partial charge in [-0.1, -0.05) is 19.9 Å². The third-order valence-corrected chi connectivity index (χ3v) is 4.63. The third kappa shape index (κ3) is 3.08. The van der Waals surface area contributed by atoms with Crippen LogP contribution in [0.2, 0.25) is 0 Å². The number of anilines is 2. The van der Waals surface area contributed by atoms with Crippen LogP contribution in [0.5, 0.6) is 0 Å². The lowest BCUT2D eigenvalue weighted by atomic mass is 9.78. The quantitative estimate of drug-likeness (QED) is 0.771. The number of carbonyl (C=O) groups is 3. The minimum atomic E-state index is -0.783. The van der Waals surface area contributed by atoms with Crippen LogP contribution < -0.4 is 21.7 Å². The summed E-state index contributed by atoms with van der Waals surface area (Å²) in [5.41, 5.74) is 14.1. The molecule has 5 N–H and O–H groups in total. The molecule has 0 aromatic heterocycles. The van der Waals surface area contributed by atoms with Gasteiger partial charge in [0.2, 0.25) is 0 Å². The van der Waals surface area contributed by atoms with Gasteiger partial charge in [0.25, 0.3) is 5.91 Å². The smallest absolute Gasteiger partial charge is 0.316 e. The predicted octanol–water partition coefficient (Wildman–Crippen LogP) is 2.30. The van der Waals surface area contributed by atoms with E-state index in [1.807, 2.05) is 25.7 Å². The van der Waals surface area contributed by atoms with Gasteiger partial charge in [-0.2, -0.15) is 0 Å². The van der Waals surface area contributed by atoms with Crippen LogP contribution in [0.15, 0.2) is 41.1 Å². The van der Waals surface area contributed by atoms with E-state index in [1.54, 1.807) is 18.2 Å². The maximum Gasteiger partial charge on any atom is 0.316 e. The Bertz CT molecular complexity index is 896. The summed E-state index contributed by atoms with van der Waals surface area (Å²) >= 11 is 0. The van der Waals surface area contributed by atoms with Crippen molar-refractivity contribution in [1.82, 2.24) is 0 Å². The van der Waals surface area contributed by atoms with Crippen molar-refractivity contribution >= 4 is 29.1 Å². The molecule has 136 valence electrons. The van der Waals surface area contributed by atoms with Gasteiger partial charge >= 0.3 is 6.03 Å². The van der Waals surface area contributed by atoms with Crippen LogP contribution in [0.25, 0.3) is 0 Å². The molecule has 1 aromatic carbocycles. The van der Waals surface area contributed by atoms with Crippen LogP contribution in [0.4, 0.5) is 16.2 Å². The number of Topliss-reactive ketones (excluding diaryl/α,β-unsaturated/α-hetero) is 1. The number of rotatable bonds is 3. The van der Waals surface area contributed by atoms with Gasteiger partial charge in [0.05, 0.1) is 11.3 Å². The highest BCUT2D eigenvalue weighted by Crippen LogP contribution is 2.43. The Morgan fingerprint density at radius 3 is 2.54 bits per heavy atom. The van der Waals surface area contributed by atoms with Crippen LogP contribution in [0.3, 0.4) is 0 Å². The highest BCUT2D eigenvalue weighted by atomic mass is 16.2. The molecule has 3 rings (SSSR count). The number of urea groups is 1. The zero-order chi connectivity index (χ0) is 19.2. The monoisotopic (exact) mass is 354 g/mol. The normalized spacial score (nSPS) is 18.5. The zero-order valence-corrected chi connectivity index (χ0v) is 15.1. The van der Waals surface area contributed by atoms with Gasteiger partial charge in [-0.3, -0.25) is 9.59 Å². The fourth-order valence-corrected chi connectivity index (χ4v) is 3.59. The molecule has 1 aliphatic carbocycles. The van der Waals surface area contributed by atoms with Crippen molar-refractivity contribution in [2.45, 2.75) is 27.2 Å². The Labute approximate surface area is 151 Å². The number of fused-ring (bicyclic) bond motifs is 1. The number of carbonyl (C=O) groups excluding carboxylic acids is 3. The SMILES string of the molecule is CC1=C2C(=O)CC(C)(C)C=C2N(c2ccc(C(N)=O)c(NC(N)=O)c2)C1. The second-order valence-corrected chi connectivity index (χ2v) is 7.44. The van der Waals surface area contributed by atoms with Gasteiger partial charge in [-0.25, -0.2) is 4.79 Å². The van der Waals surface area contributed by atoms with Crippen LogP contribution >= 0.6 is 0 Å². The van der Waals surface area contributed by atoms with Gasteiger partial charge in [-0.15, -0.1) is 0 Å². The summed E-state index contributed by atoms with van der Waals surface area (Å²) in [7, 11) is 0. The van der Waals surface area contributed by atoms with Gasteiger partial charge in [0.15, 0.2) is 5.78 Å². The Morgan fingerprint density at radius 2 is 1.92 bits per heavy atom. The first-order chi connectivity index (χ1) is 12.1. The molecule has 0 atom stereocenters. The Morgan fingerprint density at radius 1 is 1.23 bits per heavy atom. The summed E-state index contributed by atoms with van der Waals surface area (Å²) in [4.78, 5) is 37.4. The molecule has 26 heavy (non-hydrogen) atoms. The molecule has 1 heterocycles. The average molecular weight is 354 g/mol. The summed E-state index contributed by atoms with van der Waals surface area (Å²) in [6.45, 7) is 6.56. The van der Waals surface area contributed by atoms with E-state index >= 15 is 0 Å². The molecular formula is C19H22N4O3. The molecule has 0 fully saturated rings. The van der Waals surface area contributed by atoms with Crippen LogP contribution in [0.1, 0.15) is 37.6 Å². The molecule has 0 spiro atoms. The molecule has 7 nitrogen and oxygen atoms in total. The Hall–Kier alpha value is -3.09. The van der Waals surface area contributed by atoms with Gasteiger partial charge < -0.3 is 21.7 Å². The van der Waals surface area contributed by atoms with Crippen molar-refractivity contribution in [3.05, 3.63) is 46.7 Å². The van der Waals surface area contributed by atoms with E-state index < -0.39 is 11.9 Å². The first-order valence-corrected chi connectivity index (χ1v) is 8.33. The first-order valence-electron chi connectivity index (χ1n) is 8.33. The van der Waals surface area contributed by atoms with E-state index in [0.29, 0.717) is 13.0 Å². The maximum absolute atomic E-state index is 12.6. The summed E-state index contributed by atoms with van der Waals surface area (Å²) in [6, 6.07) is 4.16. The molecule has 1 aliphatic heterocycles. The van der Waals surface area contributed by atoms with Gasteiger partial charge in [0.1, 0.15) is 0 Å². The number of nitrogens with one attached hydrogen (secondary N) is 1. The number of nitrogens with two attached hydrogens (primary N) is 2. The lowest BCUT2D eigenvalue weighted by Crippen LogP contribution is -2.28. The fraction of sp³-hybridized carbons (Fsp3) is 0.316. The van der Waals surface area contributed by atoms with E-state index in [0.717, 1.165) is 22.5 Å². The summed E-state index contributed by atoms with van der Waals surface area (Å²) < 4.78 is 0. The largest absolute Gasteiger partial charge is 0.366 e. The van der Waals surface area contributed by atoms with Gasteiger partial charge in [0, 0.05) is 29.9 Å². The number of amides is 3. The second kappa shape index (κ2) is 6.01. The molecule has 3 amide bonds. The van der Waals surface area contributed by atoms with E-state index in [-0.39, 0.29) is 22.4 Å². The number of allylic oxidation sites excluding steroid dienone is 2. The van der Waals surface area contributed by atoms with Crippen molar-refractivity contribution < 1.29 is 14.4 Å². The van der Waals surface area contributed by atoms with Crippen LogP contribution in [-0.4, -0.2) is 24.3 Å². The lowest BCUT2D eigenvalue weighted by Gasteiger charge is -2.31. The predicted molar refractivity (Wildman–Crippen MR) is 99.7 cm³/mol. The van der Waals surface area contributed by atoms with E-state index in [9.17, 15) is 14.4 Å². The van der Waals surface area contributed by atoms with Crippen LogP contribution in [-0.2, 0) is 4.79 Å². The standard InChI is InChI=1S/C19H22N4O3/c1-10-9-23(14-7-19(2,3)8-15(24)16(10)14)11-4-5-12(17(20)25)13(6-11)22-18(21)26/h4-7H,8-9H2,1-3H3,(H2,20,25)(H3,21,22,26). The molecule has 0 bridgehead atoms. The third-order valence-electron chi connectivity index (χ3n) is 4.63. The average Bonchev–Trinajstić information content (AvgIpc) is 2.81. The molecule has 7 heteroatoms. The molecule has 0 unspecified atom stereocenters. The topological polar surface area (TPSA) is 119 Å². The van der Waals surface area contributed by atoms with E-state index in [2.05, 4.69) is 11.4 Å². The molecule has 2 aliphatic rings. The van der Waals surface area contributed by atoms with Crippen molar-refractivity contribution in [2.75, 3.05) is 16.8 Å². The van der Waals surface area contributed by atoms with Crippen molar-refractivity contribution in [3.63, 3.8) is 0 Å². The number of ketones is 1. The summed E-state index contributed by atoms with van der Waals surface area (Å²) in [5.74, 6) is -0.526. The highest BCUT2D eigenvalue weighted by molar-refractivity contribution is 6.06. The van der Waals surface area contributed by atoms with E-state index in [1.165, 1.54) is 0 Å². The molecule has 0 saturated heterocycles. The first kappa shape index (κ1) is 17.7. The number of benzene rings is 1. The Kier molecular flexibility index (Phi) is 4.10. The van der Waals surface area contributed by atoms with Crippen molar-refractivity contribution in [3.8, 4) is 0 Å². The minimum absolute atomic E-state index is 0.136. The molecule has 1 aromatic rings. The number of nitrogens with zero attached hydrogens (tertiary/aromatic N) is 1. The van der Waals surface area contributed by atoms with Crippen LogP contribution in [0, 0.1) is 5.41 Å². The highest BCUT2D eigenvalue weighted by Gasteiger charge is 2.38. The van der Waals surface area contributed by atoms with Crippen molar-refractivity contribution in [2.24, 2.45) is 16.9 Å². The zero-order valence-electron chi connectivity index (χ0n) is 15.1. The lowest BCUT2D eigenvalue weighted by molar-refractivity contribution is -0.117. The molecular weight excluding hydrogens is 332 g/mol. The molecule has 0 radical (unpaired) electrons. The number of hydrogen-bond donors (Lipinski definition) is 3. The second-order valence-electron chi connectivity index (χ2n) is 7.44. The van der Waals surface area contributed by atoms with Crippen molar-refractivity contribution in [1.29, 1.82) is 0 Å². The number of hydrogen-bond acceptors (Lipinski definition) is 4. The number of primary amides is 2. The summed E-state index contributed by atoms with van der Waals surface area (Å²) in [6.07, 6.45) is 2.58. The van der Waals surface area contributed by atoms with Gasteiger partial charge in [-0.05, 0) is 36.1 Å². The molecule has 0 saturated carbocycles. The van der Waals surface area contributed by atoms with E-state index in [4.69, 9.17) is 11.5 Å². The Balaban J connectivity index is 2.07. The fourth-order valence-electron chi connectivity index (χ4n) is 3.59. The summed E-state index contributed by atoms with van der Waals surface area (Å²) in [5, 5.41) is 2.44. The minimum Gasteiger partial charge on any atom is -0.366 e. The maximum atomic E-state index is 12.6.